The zero-order valence-corrected chi connectivity index (χ0v) is 11.6. The zero-order valence-electron chi connectivity index (χ0n) is 11.6. The van der Waals surface area contributed by atoms with Gasteiger partial charge in [-0.2, -0.15) is 0 Å². The highest BCUT2D eigenvalue weighted by atomic mass is 16.6. The molecule has 1 aromatic carbocycles. The van der Waals surface area contributed by atoms with E-state index in [4.69, 9.17) is 5.11 Å². The van der Waals surface area contributed by atoms with E-state index >= 15 is 0 Å². The number of rotatable bonds is 5. The molecule has 21 heavy (non-hydrogen) atoms. The largest absolute Gasteiger partial charge is 0.475 e. The molecule has 1 N–H and O–H groups in total. The third-order valence-electron chi connectivity index (χ3n) is 2.76. The average Bonchev–Trinajstić information content (AvgIpc) is 2.81. The number of carboxylic acids is 1. The molecule has 0 saturated heterocycles. The van der Waals surface area contributed by atoms with Crippen LogP contribution in [0, 0.1) is 16.0 Å². The van der Waals surface area contributed by atoms with Gasteiger partial charge in [-0.1, -0.05) is 26.0 Å². The fourth-order valence-electron chi connectivity index (χ4n) is 1.92. The minimum atomic E-state index is -1.27. The molecule has 1 aromatic heterocycles. The predicted molar refractivity (Wildman–Crippen MR) is 73.5 cm³/mol. The Bertz CT molecular complexity index is 693. The van der Waals surface area contributed by atoms with E-state index in [0.29, 0.717) is 12.2 Å². The molecule has 2 rings (SSSR count). The van der Waals surface area contributed by atoms with Crippen LogP contribution in [0.5, 0.6) is 0 Å². The molecule has 0 saturated carbocycles. The summed E-state index contributed by atoms with van der Waals surface area (Å²) in [5, 5.41) is 24.0. The molecule has 0 aliphatic rings. The molecular weight excluding hydrogens is 276 g/mol. The van der Waals surface area contributed by atoms with Crippen LogP contribution in [-0.4, -0.2) is 30.8 Å². The summed E-state index contributed by atoms with van der Waals surface area (Å²) in [6, 6.07) is 6.03. The highest BCUT2D eigenvalue weighted by Gasteiger charge is 2.22. The lowest BCUT2D eigenvalue weighted by Crippen LogP contribution is -2.08. The standard InChI is InChI=1S/C13H14N4O4/c1-8(2)7-11-14-12(13(18)19)15-16(11)9-5-3-4-6-10(9)17(20)21/h3-6,8H,7H2,1-2H3,(H,18,19). The first kappa shape index (κ1) is 14.6. The average molecular weight is 290 g/mol. The summed E-state index contributed by atoms with van der Waals surface area (Å²) in [5.41, 5.74) is 0.0579. The van der Waals surface area contributed by atoms with Gasteiger partial charge in [0.1, 0.15) is 11.5 Å². The number of aromatic carboxylic acids is 1. The molecule has 0 aliphatic heterocycles. The van der Waals surface area contributed by atoms with E-state index in [2.05, 4.69) is 10.1 Å². The van der Waals surface area contributed by atoms with E-state index in [1.54, 1.807) is 12.1 Å². The minimum Gasteiger partial charge on any atom is -0.475 e. The smallest absolute Gasteiger partial charge is 0.375 e. The van der Waals surface area contributed by atoms with Crippen molar-refractivity contribution in [2.45, 2.75) is 20.3 Å². The molecule has 0 spiro atoms. The Morgan fingerprint density at radius 2 is 2.10 bits per heavy atom. The molecule has 0 bridgehead atoms. The van der Waals surface area contributed by atoms with Crippen LogP contribution in [0.25, 0.3) is 5.69 Å². The lowest BCUT2D eigenvalue weighted by Gasteiger charge is -2.07. The van der Waals surface area contributed by atoms with E-state index in [0.717, 1.165) is 0 Å². The number of nitro benzene ring substituents is 1. The SMILES string of the molecule is CC(C)Cc1nc(C(=O)O)nn1-c1ccccc1[N+](=O)[O-]. The van der Waals surface area contributed by atoms with Gasteiger partial charge in [-0.25, -0.2) is 14.5 Å². The van der Waals surface area contributed by atoms with Crippen LogP contribution < -0.4 is 0 Å². The molecule has 0 unspecified atom stereocenters. The molecule has 0 fully saturated rings. The van der Waals surface area contributed by atoms with Crippen molar-refractivity contribution < 1.29 is 14.8 Å². The van der Waals surface area contributed by atoms with Crippen LogP contribution in [0.3, 0.4) is 0 Å². The Morgan fingerprint density at radius 3 is 2.67 bits per heavy atom. The molecule has 0 atom stereocenters. The van der Waals surface area contributed by atoms with Gasteiger partial charge in [-0.15, -0.1) is 5.10 Å². The minimum absolute atomic E-state index is 0.149. The van der Waals surface area contributed by atoms with E-state index < -0.39 is 10.9 Å². The van der Waals surface area contributed by atoms with Crippen LogP contribution in [0.2, 0.25) is 0 Å². The lowest BCUT2D eigenvalue weighted by molar-refractivity contribution is -0.384. The summed E-state index contributed by atoms with van der Waals surface area (Å²) >= 11 is 0. The van der Waals surface area contributed by atoms with Gasteiger partial charge < -0.3 is 5.11 Å². The number of benzene rings is 1. The van der Waals surface area contributed by atoms with Crippen LogP contribution in [0.1, 0.15) is 30.3 Å². The maximum atomic E-state index is 11.1. The first-order chi connectivity index (χ1) is 9.90. The number of para-hydroxylation sites is 2. The third kappa shape index (κ3) is 3.04. The first-order valence-corrected chi connectivity index (χ1v) is 6.33. The second-order valence-electron chi connectivity index (χ2n) is 4.91. The fourth-order valence-corrected chi connectivity index (χ4v) is 1.92. The molecular formula is C13H14N4O4. The number of nitrogens with zero attached hydrogens (tertiary/aromatic N) is 4. The molecule has 0 amide bonds. The topological polar surface area (TPSA) is 111 Å². The summed E-state index contributed by atoms with van der Waals surface area (Å²) in [7, 11) is 0. The number of nitro groups is 1. The van der Waals surface area contributed by atoms with Gasteiger partial charge in [0, 0.05) is 12.5 Å². The van der Waals surface area contributed by atoms with Gasteiger partial charge in [0.05, 0.1) is 4.92 Å². The Labute approximate surface area is 120 Å². The Hall–Kier alpha value is -2.77. The van der Waals surface area contributed by atoms with Crippen LogP contribution in [-0.2, 0) is 6.42 Å². The summed E-state index contributed by atoms with van der Waals surface area (Å²) in [4.78, 5) is 25.6. The van der Waals surface area contributed by atoms with E-state index in [9.17, 15) is 14.9 Å². The fraction of sp³-hybridized carbons (Fsp3) is 0.308. The van der Waals surface area contributed by atoms with Crippen molar-refractivity contribution in [3.63, 3.8) is 0 Å². The number of hydrogen-bond acceptors (Lipinski definition) is 5. The van der Waals surface area contributed by atoms with Gasteiger partial charge in [-0.05, 0) is 12.0 Å². The van der Waals surface area contributed by atoms with Crippen LogP contribution >= 0.6 is 0 Å². The van der Waals surface area contributed by atoms with Crippen molar-refractivity contribution in [1.29, 1.82) is 0 Å². The Kier molecular flexibility index (Phi) is 3.97. The summed E-state index contributed by atoms with van der Waals surface area (Å²) in [6.07, 6.45) is 0.465. The molecule has 0 aliphatic carbocycles. The van der Waals surface area contributed by atoms with Crippen LogP contribution in [0.15, 0.2) is 24.3 Å². The second kappa shape index (κ2) is 5.70. The lowest BCUT2D eigenvalue weighted by atomic mass is 10.1. The molecule has 8 heteroatoms. The summed E-state index contributed by atoms with van der Waals surface area (Å²) in [6.45, 7) is 3.89. The van der Waals surface area contributed by atoms with Crippen molar-refractivity contribution in [3.05, 3.63) is 46.0 Å². The second-order valence-corrected chi connectivity index (χ2v) is 4.91. The molecule has 1 heterocycles. The third-order valence-corrected chi connectivity index (χ3v) is 2.76. The predicted octanol–water partition coefficient (Wildman–Crippen LogP) is 2.07. The zero-order chi connectivity index (χ0) is 15.6. The Balaban J connectivity index is 2.62. The number of hydrogen-bond donors (Lipinski definition) is 1. The van der Waals surface area contributed by atoms with Crippen molar-refractivity contribution in [2.75, 3.05) is 0 Å². The van der Waals surface area contributed by atoms with Crippen LogP contribution in [0.4, 0.5) is 5.69 Å². The molecule has 2 aromatic rings. The van der Waals surface area contributed by atoms with Crippen molar-refractivity contribution in [2.24, 2.45) is 5.92 Å². The number of carboxylic acid groups (broad SMARTS) is 1. The monoisotopic (exact) mass is 290 g/mol. The molecule has 110 valence electrons. The van der Waals surface area contributed by atoms with Crippen molar-refractivity contribution >= 4 is 11.7 Å². The molecule has 8 nitrogen and oxygen atoms in total. The van der Waals surface area contributed by atoms with E-state index in [1.807, 2.05) is 13.8 Å². The number of aromatic nitrogens is 3. The van der Waals surface area contributed by atoms with Gasteiger partial charge in [0.25, 0.3) is 11.5 Å². The maximum Gasteiger partial charge on any atom is 0.375 e. The van der Waals surface area contributed by atoms with E-state index in [-0.39, 0.29) is 23.1 Å². The molecule has 0 radical (unpaired) electrons. The maximum absolute atomic E-state index is 11.1. The number of carbonyl (C=O) groups is 1. The van der Waals surface area contributed by atoms with Crippen molar-refractivity contribution in [3.8, 4) is 5.69 Å². The van der Waals surface area contributed by atoms with Gasteiger partial charge in [-0.3, -0.25) is 10.1 Å². The summed E-state index contributed by atoms with van der Waals surface area (Å²) in [5.74, 6) is -1.05. The Morgan fingerprint density at radius 1 is 1.43 bits per heavy atom. The van der Waals surface area contributed by atoms with Gasteiger partial charge in [0.15, 0.2) is 0 Å². The van der Waals surface area contributed by atoms with E-state index in [1.165, 1.54) is 16.8 Å². The summed E-state index contributed by atoms with van der Waals surface area (Å²) < 4.78 is 1.24. The van der Waals surface area contributed by atoms with Gasteiger partial charge >= 0.3 is 5.97 Å². The highest BCUT2D eigenvalue weighted by Crippen LogP contribution is 2.23. The first-order valence-electron chi connectivity index (χ1n) is 6.33. The van der Waals surface area contributed by atoms with Crippen molar-refractivity contribution in [1.82, 2.24) is 14.8 Å². The van der Waals surface area contributed by atoms with Gasteiger partial charge in [0.2, 0.25) is 0 Å². The normalized spacial score (nSPS) is 10.8. The highest BCUT2D eigenvalue weighted by molar-refractivity contribution is 5.83. The quantitative estimate of drug-likeness (QED) is 0.666.